The van der Waals surface area contributed by atoms with E-state index in [1.807, 2.05) is 0 Å². The van der Waals surface area contributed by atoms with Gasteiger partial charge in [0.1, 0.15) is 5.75 Å². The molecule has 1 aromatic heterocycles. The zero-order valence-electron chi connectivity index (χ0n) is 9.98. The van der Waals surface area contributed by atoms with Crippen molar-refractivity contribution in [1.29, 1.82) is 0 Å². The second kappa shape index (κ2) is 5.12. The molecule has 0 saturated heterocycles. The van der Waals surface area contributed by atoms with Gasteiger partial charge in [-0.1, -0.05) is 16.8 Å². The molecule has 0 atom stereocenters. The van der Waals surface area contributed by atoms with E-state index in [2.05, 4.69) is 10.3 Å². The number of rotatable bonds is 3. The maximum Gasteiger partial charge on any atom is 0.456 e. The van der Waals surface area contributed by atoms with Gasteiger partial charge in [-0.3, -0.25) is 4.79 Å². The second-order valence-corrected chi connectivity index (χ2v) is 4.10. The summed E-state index contributed by atoms with van der Waals surface area (Å²) in [5.74, 6) is -1.65. The Hall–Kier alpha value is -2.09. The van der Waals surface area contributed by atoms with E-state index in [-0.39, 0.29) is 5.02 Å². The monoisotopic (exact) mass is 305 g/mol. The molecule has 1 aromatic carbocycles. The number of benzene rings is 1. The molecule has 0 unspecified atom stereocenters. The third kappa shape index (κ3) is 2.74. The minimum atomic E-state index is -4.99. The van der Waals surface area contributed by atoms with Crippen molar-refractivity contribution in [2.24, 2.45) is 0 Å². The van der Waals surface area contributed by atoms with Crippen LogP contribution in [0.5, 0.6) is 5.75 Å². The predicted molar refractivity (Wildman–Crippen MR) is 63.3 cm³/mol. The smallest absolute Gasteiger partial charge is 0.456 e. The largest absolute Gasteiger partial charge is 0.495 e. The minimum Gasteiger partial charge on any atom is -0.495 e. The summed E-state index contributed by atoms with van der Waals surface area (Å²) in [4.78, 5) is 11.0. The van der Waals surface area contributed by atoms with Gasteiger partial charge in [0, 0.05) is 0 Å². The summed E-state index contributed by atoms with van der Waals surface area (Å²) in [7, 11) is 1.43. The van der Waals surface area contributed by atoms with Crippen LogP contribution in [0, 0.1) is 0 Å². The highest BCUT2D eigenvalue weighted by atomic mass is 35.5. The summed E-state index contributed by atoms with van der Waals surface area (Å²) < 4.78 is 42.7. The Kier molecular flexibility index (Phi) is 3.67. The SMILES string of the molecule is COc1ccc(-n2cc(C(=O)C(F)(F)F)nn2)cc1Cl. The molecule has 9 heteroatoms. The number of ether oxygens (including phenoxy) is 1. The number of Topliss-reactive ketones (excluding diaryl/α,β-unsaturated/α-hetero) is 1. The molecule has 0 N–H and O–H groups in total. The molecule has 0 bridgehead atoms. The molecule has 0 aliphatic heterocycles. The molecule has 2 rings (SSSR count). The Morgan fingerprint density at radius 3 is 2.65 bits per heavy atom. The molecular weight excluding hydrogens is 299 g/mol. The van der Waals surface area contributed by atoms with Gasteiger partial charge in [-0.05, 0) is 18.2 Å². The van der Waals surface area contributed by atoms with Crippen LogP contribution in [0.25, 0.3) is 5.69 Å². The van der Waals surface area contributed by atoms with Gasteiger partial charge in [0.2, 0.25) is 0 Å². The highest BCUT2D eigenvalue weighted by molar-refractivity contribution is 6.32. The summed E-state index contributed by atoms with van der Waals surface area (Å²) in [6.07, 6.45) is -4.10. The Balaban J connectivity index is 2.34. The average molecular weight is 306 g/mol. The van der Waals surface area contributed by atoms with Gasteiger partial charge in [-0.2, -0.15) is 13.2 Å². The fourth-order valence-corrected chi connectivity index (χ4v) is 1.69. The van der Waals surface area contributed by atoms with Gasteiger partial charge >= 0.3 is 6.18 Å². The van der Waals surface area contributed by atoms with Crippen molar-refractivity contribution in [2.75, 3.05) is 7.11 Å². The molecule has 0 spiro atoms. The number of alkyl halides is 3. The Morgan fingerprint density at radius 2 is 2.10 bits per heavy atom. The number of halogens is 4. The summed E-state index contributed by atoms with van der Waals surface area (Å²) >= 11 is 5.89. The quantitative estimate of drug-likeness (QED) is 0.818. The van der Waals surface area contributed by atoms with E-state index in [4.69, 9.17) is 16.3 Å². The summed E-state index contributed by atoms with van der Waals surface area (Å²) in [6, 6.07) is 4.46. The van der Waals surface area contributed by atoms with Crippen LogP contribution in [0.3, 0.4) is 0 Å². The number of carbonyl (C=O) groups is 1. The summed E-state index contributed by atoms with van der Waals surface area (Å²) in [6.45, 7) is 0. The number of carbonyl (C=O) groups excluding carboxylic acids is 1. The van der Waals surface area contributed by atoms with E-state index in [0.29, 0.717) is 11.4 Å². The number of ketones is 1. The zero-order valence-corrected chi connectivity index (χ0v) is 10.7. The molecule has 106 valence electrons. The van der Waals surface area contributed by atoms with E-state index in [9.17, 15) is 18.0 Å². The van der Waals surface area contributed by atoms with Crippen molar-refractivity contribution in [1.82, 2.24) is 15.0 Å². The lowest BCUT2D eigenvalue weighted by atomic mass is 10.3. The molecular formula is C11H7ClF3N3O2. The molecule has 0 aliphatic rings. The lowest BCUT2D eigenvalue weighted by Crippen LogP contribution is -2.23. The van der Waals surface area contributed by atoms with Crippen molar-refractivity contribution >= 4 is 17.4 Å². The van der Waals surface area contributed by atoms with Gasteiger partial charge in [0.05, 0.1) is 24.0 Å². The number of hydrogen-bond acceptors (Lipinski definition) is 4. The number of methoxy groups -OCH3 is 1. The molecule has 0 fully saturated rings. The summed E-state index contributed by atoms with van der Waals surface area (Å²) in [5.41, 5.74) is -0.436. The maximum absolute atomic E-state index is 12.2. The number of hydrogen-bond donors (Lipinski definition) is 0. The van der Waals surface area contributed by atoms with Gasteiger partial charge in [-0.25, -0.2) is 4.68 Å². The van der Waals surface area contributed by atoms with E-state index in [0.717, 1.165) is 10.9 Å². The van der Waals surface area contributed by atoms with Crippen LogP contribution < -0.4 is 4.74 Å². The molecule has 2 aromatic rings. The van der Waals surface area contributed by atoms with Crippen LogP contribution in [0.1, 0.15) is 10.5 Å². The fraction of sp³-hybridized carbons (Fsp3) is 0.182. The molecule has 1 heterocycles. The average Bonchev–Trinajstić information content (AvgIpc) is 2.86. The third-order valence-electron chi connectivity index (χ3n) is 2.38. The van der Waals surface area contributed by atoms with E-state index in [1.54, 1.807) is 0 Å². The highest BCUT2D eigenvalue weighted by Crippen LogP contribution is 2.26. The van der Waals surface area contributed by atoms with Gasteiger partial charge < -0.3 is 4.74 Å². The first-order valence-electron chi connectivity index (χ1n) is 5.20. The first-order valence-corrected chi connectivity index (χ1v) is 5.58. The topological polar surface area (TPSA) is 57.0 Å². The first kappa shape index (κ1) is 14.3. The van der Waals surface area contributed by atoms with Crippen LogP contribution in [0.15, 0.2) is 24.4 Å². The first-order chi connectivity index (χ1) is 9.32. The van der Waals surface area contributed by atoms with Crippen molar-refractivity contribution in [3.05, 3.63) is 35.1 Å². The van der Waals surface area contributed by atoms with Crippen molar-refractivity contribution in [2.45, 2.75) is 6.18 Å². The van der Waals surface area contributed by atoms with E-state index < -0.39 is 17.7 Å². The standard InChI is InChI=1S/C11H7ClF3N3O2/c1-20-9-3-2-6(4-7(9)12)18-5-8(16-17-18)10(19)11(13,14)15/h2-5H,1H3. The molecule has 0 radical (unpaired) electrons. The molecule has 5 nitrogen and oxygen atoms in total. The zero-order chi connectivity index (χ0) is 14.9. The van der Waals surface area contributed by atoms with Crippen molar-refractivity contribution < 1.29 is 22.7 Å². The lowest BCUT2D eigenvalue weighted by Gasteiger charge is -2.05. The Bertz CT molecular complexity index is 655. The lowest BCUT2D eigenvalue weighted by molar-refractivity contribution is -0.0888. The van der Waals surface area contributed by atoms with Crippen LogP contribution in [0.2, 0.25) is 5.02 Å². The van der Waals surface area contributed by atoms with E-state index in [1.165, 1.54) is 25.3 Å². The van der Waals surface area contributed by atoms with Gasteiger partial charge in [0.25, 0.3) is 5.78 Å². The minimum absolute atomic E-state index is 0.254. The molecule has 0 amide bonds. The third-order valence-corrected chi connectivity index (χ3v) is 2.68. The van der Waals surface area contributed by atoms with Crippen LogP contribution in [-0.2, 0) is 0 Å². The van der Waals surface area contributed by atoms with Crippen LogP contribution in [0.4, 0.5) is 13.2 Å². The maximum atomic E-state index is 12.2. The fourth-order valence-electron chi connectivity index (χ4n) is 1.44. The summed E-state index contributed by atoms with van der Waals surface area (Å²) in [5, 5.41) is 6.92. The second-order valence-electron chi connectivity index (χ2n) is 3.69. The van der Waals surface area contributed by atoms with Crippen LogP contribution >= 0.6 is 11.6 Å². The number of nitrogens with zero attached hydrogens (tertiary/aromatic N) is 3. The molecule has 20 heavy (non-hydrogen) atoms. The molecule has 0 aliphatic carbocycles. The Morgan fingerprint density at radius 1 is 1.40 bits per heavy atom. The van der Waals surface area contributed by atoms with Crippen molar-refractivity contribution in [3.63, 3.8) is 0 Å². The van der Waals surface area contributed by atoms with Gasteiger partial charge in [-0.15, -0.1) is 5.10 Å². The van der Waals surface area contributed by atoms with E-state index >= 15 is 0 Å². The predicted octanol–water partition coefficient (Wildman–Crippen LogP) is 2.67. The molecule has 0 saturated carbocycles. The normalized spacial score (nSPS) is 11.4. The van der Waals surface area contributed by atoms with Gasteiger partial charge in [0.15, 0.2) is 5.69 Å². The number of aromatic nitrogens is 3. The highest BCUT2D eigenvalue weighted by Gasteiger charge is 2.41. The van der Waals surface area contributed by atoms with Crippen LogP contribution in [-0.4, -0.2) is 34.1 Å². The van der Waals surface area contributed by atoms with Crippen molar-refractivity contribution in [3.8, 4) is 11.4 Å². The Labute approximate surface area is 115 Å².